The first-order valence-corrected chi connectivity index (χ1v) is 3.59. The molecule has 4 heteroatoms. The minimum atomic E-state index is -0.327. The summed E-state index contributed by atoms with van der Waals surface area (Å²) in [5, 5.41) is 0. The molecule has 0 N–H and O–H groups in total. The van der Waals surface area contributed by atoms with Gasteiger partial charge in [-0.2, -0.15) is 0 Å². The number of carbonyl (C=O) groups is 1. The van der Waals surface area contributed by atoms with E-state index in [0.29, 0.717) is 6.61 Å². The lowest BCUT2D eigenvalue weighted by Gasteiger charge is -1.96. The van der Waals surface area contributed by atoms with Crippen molar-refractivity contribution in [3.05, 3.63) is 0 Å². The molecule has 0 heterocycles. The zero-order valence-corrected chi connectivity index (χ0v) is 7.27. The average Bonchev–Trinajstić information content (AvgIpc) is 2.04. The molecule has 0 fully saturated rings. The Labute approximate surface area is 66.3 Å². The fourth-order valence-electron chi connectivity index (χ4n) is 0.244. The third kappa shape index (κ3) is 10.7. The van der Waals surface area contributed by atoms with Gasteiger partial charge in [0.15, 0.2) is 0 Å². The number of ether oxygens (including phenoxy) is 2. The maximum atomic E-state index is 10.2. The van der Waals surface area contributed by atoms with E-state index in [4.69, 9.17) is 4.74 Å². The molecule has 0 saturated carbocycles. The van der Waals surface area contributed by atoms with Crippen molar-refractivity contribution < 1.29 is 14.3 Å². The van der Waals surface area contributed by atoms with Gasteiger partial charge >= 0.3 is 5.97 Å². The second kappa shape index (κ2) is 11.5. The van der Waals surface area contributed by atoms with Gasteiger partial charge in [-0.3, -0.25) is 0 Å². The molecule has 0 aromatic carbocycles. The smallest absolute Gasteiger partial charge is 0.331 e. The monoisotopic (exact) mass is 168 g/mol. The Balaban J connectivity index is 0. The molecular formula is C6H13ClO3. The van der Waals surface area contributed by atoms with E-state index in [2.05, 4.69) is 16.3 Å². The van der Waals surface area contributed by atoms with E-state index < -0.39 is 0 Å². The predicted molar refractivity (Wildman–Crippen MR) is 40.3 cm³/mol. The molecule has 0 bridgehead atoms. The number of carbonyl (C=O) groups excluding carboxylic acids is 1. The van der Waals surface area contributed by atoms with Gasteiger partial charge in [0.25, 0.3) is 0 Å². The fourth-order valence-corrected chi connectivity index (χ4v) is 0.244. The third-order valence-electron chi connectivity index (χ3n) is 0.652. The van der Waals surface area contributed by atoms with Crippen LogP contribution in [-0.4, -0.2) is 32.7 Å². The normalized spacial score (nSPS) is 7.60. The first kappa shape index (κ1) is 12.4. The predicted octanol–water partition coefficient (Wildman–Crippen LogP) is 1.05. The molecule has 0 saturated heterocycles. The number of alkyl halides is 1. The molecule has 0 atom stereocenters. The summed E-state index contributed by atoms with van der Waals surface area (Å²) in [6.07, 6.45) is 1.47. The largest absolute Gasteiger partial charge is 0.467 e. The Morgan fingerprint density at radius 1 is 1.50 bits per heavy atom. The average molecular weight is 169 g/mol. The zero-order valence-electron chi connectivity index (χ0n) is 6.52. The van der Waals surface area contributed by atoms with Crippen molar-refractivity contribution in [1.82, 2.24) is 0 Å². The highest BCUT2D eigenvalue weighted by Gasteiger charge is 1.95. The molecule has 0 aliphatic rings. The van der Waals surface area contributed by atoms with Crippen LogP contribution < -0.4 is 0 Å². The van der Waals surface area contributed by atoms with Crippen molar-refractivity contribution >= 4 is 17.6 Å². The van der Waals surface area contributed by atoms with Crippen molar-refractivity contribution in [2.45, 2.75) is 6.92 Å². The van der Waals surface area contributed by atoms with E-state index in [1.54, 1.807) is 0 Å². The highest BCUT2D eigenvalue weighted by Crippen LogP contribution is 1.75. The van der Waals surface area contributed by atoms with Gasteiger partial charge in [-0.05, 0) is 6.92 Å². The minimum absolute atomic E-state index is 0.0625. The first-order valence-electron chi connectivity index (χ1n) is 2.83. The van der Waals surface area contributed by atoms with E-state index in [0.717, 1.165) is 0 Å². The van der Waals surface area contributed by atoms with Crippen LogP contribution in [0.1, 0.15) is 6.92 Å². The van der Waals surface area contributed by atoms with Gasteiger partial charge in [0.1, 0.15) is 6.61 Å². The molecule has 0 aromatic heterocycles. The molecular weight excluding hydrogens is 156 g/mol. The van der Waals surface area contributed by atoms with Gasteiger partial charge in [0.05, 0.1) is 7.11 Å². The topological polar surface area (TPSA) is 35.5 Å². The molecule has 3 nitrogen and oxygen atoms in total. The zero-order chi connectivity index (χ0) is 8.41. The van der Waals surface area contributed by atoms with Gasteiger partial charge in [-0.25, -0.2) is 4.79 Å². The molecule has 62 valence electrons. The van der Waals surface area contributed by atoms with Crippen LogP contribution in [0, 0.1) is 0 Å². The number of esters is 1. The van der Waals surface area contributed by atoms with Crippen molar-refractivity contribution in [1.29, 1.82) is 0 Å². The minimum Gasteiger partial charge on any atom is -0.467 e. The molecule has 0 rings (SSSR count). The van der Waals surface area contributed by atoms with E-state index >= 15 is 0 Å². The Morgan fingerprint density at radius 3 is 2.30 bits per heavy atom. The summed E-state index contributed by atoms with van der Waals surface area (Å²) in [7, 11) is 1.33. The van der Waals surface area contributed by atoms with E-state index in [9.17, 15) is 4.79 Å². The van der Waals surface area contributed by atoms with Gasteiger partial charge in [-0.15, -0.1) is 11.6 Å². The van der Waals surface area contributed by atoms with Crippen molar-refractivity contribution in [3.8, 4) is 0 Å². The number of hydrogen-bond donors (Lipinski definition) is 0. The second-order valence-electron chi connectivity index (χ2n) is 1.21. The Morgan fingerprint density at radius 2 is 2.00 bits per heavy atom. The number of halogens is 1. The van der Waals surface area contributed by atoms with Crippen LogP contribution in [0.4, 0.5) is 0 Å². The maximum Gasteiger partial charge on any atom is 0.331 e. The molecule has 0 aromatic rings. The summed E-state index contributed by atoms with van der Waals surface area (Å²) >= 11 is 4.64. The van der Waals surface area contributed by atoms with Crippen molar-refractivity contribution in [2.24, 2.45) is 0 Å². The SMILES string of the molecule is CCOCC(=O)OC.CCl. The van der Waals surface area contributed by atoms with Gasteiger partial charge < -0.3 is 9.47 Å². The molecule has 0 spiro atoms. The third-order valence-corrected chi connectivity index (χ3v) is 0.652. The van der Waals surface area contributed by atoms with E-state index in [1.807, 2.05) is 6.92 Å². The number of rotatable bonds is 3. The fraction of sp³-hybridized carbons (Fsp3) is 0.833. The molecule has 0 aliphatic heterocycles. The Hall–Kier alpha value is -0.280. The number of methoxy groups -OCH3 is 1. The lowest BCUT2D eigenvalue weighted by molar-refractivity contribution is -0.145. The molecule has 10 heavy (non-hydrogen) atoms. The summed E-state index contributed by atoms with van der Waals surface area (Å²) in [6.45, 7) is 2.44. The summed E-state index contributed by atoms with van der Waals surface area (Å²) in [6, 6.07) is 0. The maximum absolute atomic E-state index is 10.2. The standard InChI is InChI=1S/C5H10O3.CH3Cl/c1-3-8-4-5(6)7-2;1-2/h3-4H2,1-2H3;1H3. The number of hydrogen-bond acceptors (Lipinski definition) is 3. The van der Waals surface area contributed by atoms with Crippen LogP contribution in [0.25, 0.3) is 0 Å². The van der Waals surface area contributed by atoms with Gasteiger partial charge in [-0.1, -0.05) is 0 Å². The van der Waals surface area contributed by atoms with Gasteiger partial charge in [0.2, 0.25) is 0 Å². The summed E-state index contributed by atoms with van der Waals surface area (Å²) < 4.78 is 9.00. The van der Waals surface area contributed by atoms with Crippen LogP contribution in [-0.2, 0) is 14.3 Å². The van der Waals surface area contributed by atoms with E-state index in [-0.39, 0.29) is 12.6 Å². The highest BCUT2D eigenvalue weighted by molar-refractivity contribution is 6.15. The Bertz CT molecular complexity index is 75.4. The highest BCUT2D eigenvalue weighted by atomic mass is 35.5. The quantitative estimate of drug-likeness (QED) is 0.467. The summed E-state index contributed by atoms with van der Waals surface area (Å²) in [4.78, 5) is 10.2. The van der Waals surface area contributed by atoms with Crippen LogP contribution in [0.2, 0.25) is 0 Å². The Kier molecular flexibility index (Phi) is 14.3. The van der Waals surface area contributed by atoms with Crippen molar-refractivity contribution in [3.63, 3.8) is 0 Å². The lowest BCUT2D eigenvalue weighted by Crippen LogP contribution is -2.09. The summed E-state index contributed by atoms with van der Waals surface area (Å²) in [5.41, 5.74) is 0. The van der Waals surface area contributed by atoms with Crippen LogP contribution >= 0.6 is 11.6 Å². The van der Waals surface area contributed by atoms with Crippen LogP contribution in [0.15, 0.2) is 0 Å². The second-order valence-corrected chi connectivity index (χ2v) is 1.21. The summed E-state index contributed by atoms with van der Waals surface area (Å²) in [5.74, 6) is -0.327. The van der Waals surface area contributed by atoms with Gasteiger partial charge in [0, 0.05) is 13.0 Å². The van der Waals surface area contributed by atoms with E-state index in [1.165, 1.54) is 13.5 Å². The molecule has 0 unspecified atom stereocenters. The molecule has 0 radical (unpaired) electrons. The molecule has 0 aliphatic carbocycles. The van der Waals surface area contributed by atoms with Crippen molar-refractivity contribution in [2.75, 3.05) is 26.7 Å². The molecule has 0 amide bonds. The van der Waals surface area contributed by atoms with Crippen LogP contribution in [0.5, 0.6) is 0 Å². The lowest BCUT2D eigenvalue weighted by atomic mass is 10.7. The van der Waals surface area contributed by atoms with Crippen LogP contribution in [0.3, 0.4) is 0 Å². The first-order chi connectivity index (χ1) is 4.81.